The van der Waals surface area contributed by atoms with Gasteiger partial charge in [-0.15, -0.1) is 0 Å². The van der Waals surface area contributed by atoms with Crippen LogP contribution >= 0.6 is 0 Å². The lowest BCUT2D eigenvalue weighted by Gasteiger charge is -2.40. The molecule has 1 fully saturated rings. The maximum absolute atomic E-state index is 13.3. The van der Waals surface area contributed by atoms with E-state index in [4.69, 9.17) is 4.74 Å². The highest BCUT2D eigenvalue weighted by molar-refractivity contribution is 6.01. The molecule has 5 heteroatoms. The minimum Gasteiger partial charge on any atom is -0.486 e. The highest BCUT2D eigenvalue weighted by Crippen LogP contribution is 2.34. The summed E-state index contributed by atoms with van der Waals surface area (Å²) in [6.45, 7) is 6.76. The molecule has 1 saturated heterocycles. The van der Waals surface area contributed by atoms with E-state index >= 15 is 0 Å². The zero-order valence-corrected chi connectivity index (χ0v) is 17.0. The molecule has 29 heavy (non-hydrogen) atoms. The first-order valence-electron chi connectivity index (χ1n) is 10.1. The molecule has 0 unspecified atom stereocenters. The van der Waals surface area contributed by atoms with E-state index in [9.17, 15) is 9.59 Å². The number of nitrogens with one attached hydrogen (secondary N) is 1. The zero-order chi connectivity index (χ0) is 20.5. The van der Waals surface area contributed by atoms with Crippen LogP contribution in [-0.2, 0) is 9.59 Å². The van der Waals surface area contributed by atoms with E-state index in [1.165, 1.54) is 5.56 Å². The standard InChI is InChI=1S/C24H26N2O3/c1-15(2)17-8-10-19(11-9-17)25-24(28)23(26-13-12-22(26)27)20-14-18-6-4-5-7-21(18)29-16(20)3/h4-11,14-16,23H,12-13H2,1-3H3,(H,25,28)/t16-,23+/m1/s1. The van der Waals surface area contributed by atoms with Crippen LogP contribution in [0, 0.1) is 0 Å². The van der Waals surface area contributed by atoms with E-state index in [2.05, 4.69) is 19.2 Å². The van der Waals surface area contributed by atoms with Crippen LogP contribution in [0.15, 0.2) is 54.1 Å². The van der Waals surface area contributed by atoms with Gasteiger partial charge in [0.1, 0.15) is 17.9 Å². The molecular formula is C24H26N2O3. The molecule has 0 radical (unpaired) electrons. The Balaban J connectivity index is 1.63. The second-order valence-electron chi connectivity index (χ2n) is 7.95. The smallest absolute Gasteiger partial charge is 0.251 e. The number of likely N-dealkylation sites (tertiary alicyclic amines) is 1. The molecule has 150 valence electrons. The molecule has 2 aliphatic heterocycles. The summed E-state index contributed by atoms with van der Waals surface area (Å²) in [4.78, 5) is 27.1. The van der Waals surface area contributed by atoms with Gasteiger partial charge in [-0.3, -0.25) is 9.59 Å². The van der Waals surface area contributed by atoms with Gasteiger partial charge in [0.05, 0.1) is 0 Å². The average Bonchev–Trinajstić information content (AvgIpc) is 2.70. The number of para-hydroxylation sites is 1. The third kappa shape index (κ3) is 3.77. The Bertz CT molecular complexity index is 962. The largest absolute Gasteiger partial charge is 0.486 e. The fraction of sp³-hybridized carbons (Fsp3) is 0.333. The maximum Gasteiger partial charge on any atom is 0.251 e. The van der Waals surface area contributed by atoms with Gasteiger partial charge in [0.25, 0.3) is 5.91 Å². The summed E-state index contributed by atoms with van der Waals surface area (Å²) in [5.74, 6) is 1.00. The van der Waals surface area contributed by atoms with Crippen molar-refractivity contribution in [2.45, 2.75) is 45.3 Å². The fourth-order valence-corrected chi connectivity index (χ4v) is 3.80. The van der Waals surface area contributed by atoms with Crippen molar-refractivity contribution in [1.29, 1.82) is 0 Å². The number of hydrogen-bond donors (Lipinski definition) is 1. The molecule has 0 aromatic heterocycles. The van der Waals surface area contributed by atoms with E-state index in [0.29, 0.717) is 18.9 Å². The minimum atomic E-state index is -0.676. The fourth-order valence-electron chi connectivity index (χ4n) is 3.80. The summed E-state index contributed by atoms with van der Waals surface area (Å²) in [6, 6.07) is 14.9. The van der Waals surface area contributed by atoms with Crippen molar-refractivity contribution in [3.63, 3.8) is 0 Å². The quantitative estimate of drug-likeness (QED) is 0.778. The summed E-state index contributed by atoms with van der Waals surface area (Å²) in [5, 5.41) is 2.99. The predicted molar refractivity (Wildman–Crippen MR) is 114 cm³/mol. The van der Waals surface area contributed by atoms with Crippen molar-refractivity contribution >= 4 is 23.6 Å². The summed E-state index contributed by atoms with van der Waals surface area (Å²) >= 11 is 0. The molecule has 0 aliphatic carbocycles. The molecule has 0 spiro atoms. The number of hydrogen-bond acceptors (Lipinski definition) is 3. The second kappa shape index (κ2) is 7.74. The first-order chi connectivity index (χ1) is 13.9. The van der Waals surface area contributed by atoms with Crippen molar-refractivity contribution < 1.29 is 14.3 Å². The molecule has 2 atom stereocenters. The van der Waals surface area contributed by atoms with Crippen molar-refractivity contribution in [2.24, 2.45) is 0 Å². The molecule has 0 bridgehead atoms. The van der Waals surface area contributed by atoms with Gasteiger partial charge in [-0.25, -0.2) is 0 Å². The highest BCUT2D eigenvalue weighted by Gasteiger charge is 2.41. The van der Waals surface area contributed by atoms with Crippen molar-refractivity contribution in [1.82, 2.24) is 4.90 Å². The lowest BCUT2D eigenvalue weighted by Crippen LogP contribution is -2.57. The number of amides is 2. The van der Waals surface area contributed by atoms with E-state index in [-0.39, 0.29) is 17.9 Å². The molecule has 1 N–H and O–H groups in total. The van der Waals surface area contributed by atoms with Crippen LogP contribution in [0.5, 0.6) is 5.75 Å². The van der Waals surface area contributed by atoms with Crippen LogP contribution in [0.1, 0.15) is 44.2 Å². The Hall–Kier alpha value is -3.08. The van der Waals surface area contributed by atoms with Gasteiger partial charge in [-0.2, -0.15) is 0 Å². The Morgan fingerprint density at radius 1 is 1.14 bits per heavy atom. The molecule has 5 nitrogen and oxygen atoms in total. The van der Waals surface area contributed by atoms with Crippen LogP contribution < -0.4 is 10.1 Å². The number of rotatable bonds is 5. The molecule has 2 aliphatic rings. The predicted octanol–water partition coefficient (Wildman–Crippen LogP) is 4.21. The van der Waals surface area contributed by atoms with Crippen LogP contribution in [0.2, 0.25) is 0 Å². The number of anilines is 1. The van der Waals surface area contributed by atoms with Crippen LogP contribution in [0.4, 0.5) is 5.69 Å². The van der Waals surface area contributed by atoms with Crippen molar-refractivity contribution in [3.05, 3.63) is 65.2 Å². The molecule has 2 amide bonds. The van der Waals surface area contributed by atoms with E-state index in [1.807, 2.05) is 61.5 Å². The molecule has 2 aromatic carbocycles. The molecule has 2 aromatic rings. The van der Waals surface area contributed by atoms with Gasteiger partial charge in [-0.1, -0.05) is 44.2 Å². The number of carbonyl (C=O) groups excluding carboxylic acids is 2. The monoisotopic (exact) mass is 390 g/mol. The summed E-state index contributed by atoms with van der Waals surface area (Å²) in [5.41, 5.74) is 3.66. The van der Waals surface area contributed by atoms with E-state index in [1.54, 1.807) is 4.90 Å². The summed E-state index contributed by atoms with van der Waals surface area (Å²) in [6.07, 6.45) is 2.17. The number of fused-ring (bicyclic) bond motifs is 1. The third-order valence-corrected chi connectivity index (χ3v) is 5.62. The second-order valence-corrected chi connectivity index (χ2v) is 7.95. The van der Waals surface area contributed by atoms with Crippen LogP contribution in [-0.4, -0.2) is 35.4 Å². The Kier molecular flexibility index (Phi) is 5.14. The van der Waals surface area contributed by atoms with Gasteiger partial charge in [0.2, 0.25) is 5.91 Å². The van der Waals surface area contributed by atoms with Gasteiger partial charge >= 0.3 is 0 Å². The topological polar surface area (TPSA) is 58.6 Å². The Labute approximate surface area is 171 Å². The molecular weight excluding hydrogens is 364 g/mol. The van der Waals surface area contributed by atoms with E-state index in [0.717, 1.165) is 22.6 Å². The third-order valence-electron chi connectivity index (χ3n) is 5.62. The van der Waals surface area contributed by atoms with Crippen molar-refractivity contribution in [2.75, 3.05) is 11.9 Å². The number of nitrogens with zero attached hydrogens (tertiary/aromatic N) is 1. The first kappa shape index (κ1) is 19.2. The molecule has 4 rings (SSSR count). The van der Waals surface area contributed by atoms with Crippen LogP contribution in [0.25, 0.3) is 6.08 Å². The number of benzene rings is 2. The molecule has 0 saturated carbocycles. The van der Waals surface area contributed by atoms with Crippen molar-refractivity contribution in [3.8, 4) is 5.75 Å². The van der Waals surface area contributed by atoms with Crippen LogP contribution in [0.3, 0.4) is 0 Å². The Morgan fingerprint density at radius 2 is 1.86 bits per heavy atom. The van der Waals surface area contributed by atoms with Gasteiger partial charge < -0.3 is 15.0 Å². The number of β-lactam (4-membered cyclic amide) rings is 1. The number of carbonyl (C=O) groups is 2. The normalized spacial score (nSPS) is 19.0. The van der Waals surface area contributed by atoms with Gasteiger partial charge in [-0.05, 0) is 42.7 Å². The Morgan fingerprint density at radius 3 is 2.48 bits per heavy atom. The average molecular weight is 390 g/mol. The maximum atomic E-state index is 13.3. The van der Waals surface area contributed by atoms with E-state index < -0.39 is 6.04 Å². The zero-order valence-electron chi connectivity index (χ0n) is 17.0. The van der Waals surface area contributed by atoms with Gasteiger partial charge in [0, 0.05) is 29.8 Å². The minimum absolute atomic E-state index is 0.00716. The lowest BCUT2D eigenvalue weighted by atomic mass is 9.92. The highest BCUT2D eigenvalue weighted by atomic mass is 16.5. The SMILES string of the molecule is CC(C)c1ccc(NC(=O)[C@H](C2=Cc3ccccc3O[C@@H]2C)N2CCC2=O)cc1. The number of ether oxygens (including phenoxy) is 1. The molecule has 2 heterocycles. The van der Waals surface area contributed by atoms with Gasteiger partial charge in [0.15, 0.2) is 0 Å². The summed E-state index contributed by atoms with van der Waals surface area (Å²) in [7, 11) is 0. The summed E-state index contributed by atoms with van der Waals surface area (Å²) < 4.78 is 6.04. The first-order valence-corrected chi connectivity index (χ1v) is 10.1. The lowest BCUT2D eigenvalue weighted by molar-refractivity contribution is -0.146.